The molecule has 0 unspecified atom stereocenters. The Morgan fingerprint density at radius 1 is 0.308 bits per heavy atom. The highest BCUT2D eigenvalue weighted by Gasteiger charge is 2.34. The minimum Gasteiger partial charge on any atom is -0.343 e. The minimum atomic E-state index is -0.645. The Morgan fingerprint density at radius 3 is 0.692 bits per heavy atom. The second kappa shape index (κ2) is 10.8. The number of rotatable bonds is 4. The first kappa shape index (κ1) is 30.2. The predicted molar refractivity (Wildman–Crippen MR) is 190 cm³/mol. The molecule has 1 aliphatic rings. The molecule has 0 radical (unpaired) electrons. The average Bonchev–Trinajstić information content (AvgIpc) is 3.88. The Balaban J connectivity index is 1.67. The molecule has 0 saturated heterocycles. The van der Waals surface area contributed by atoms with Crippen molar-refractivity contribution in [2.24, 2.45) is 0 Å². The summed E-state index contributed by atoms with van der Waals surface area (Å²) in [4.78, 5) is 61.9. The van der Waals surface area contributed by atoms with Crippen molar-refractivity contribution < 1.29 is 19.7 Å². The van der Waals surface area contributed by atoms with Crippen LogP contribution in [0.1, 0.15) is 22.8 Å². The molecule has 16 nitrogen and oxygen atoms in total. The van der Waals surface area contributed by atoms with Crippen molar-refractivity contribution in [3.63, 3.8) is 0 Å². The SMILES string of the molecule is O=[N+]([O-])C1=c2[nH]c(c3ccccc23)=C([N+](=O)[O-])c2[nH]c(c3ccccc23)C([N+](=O)[O-])=c2[nH]c(c3ccccc23)=C([N+](=O)[O-])c2[nH]c1c1ccccc21. The highest BCUT2D eigenvalue weighted by Crippen LogP contribution is 2.33. The smallest absolute Gasteiger partial charge is 0.317 e. The number of aromatic amines is 4. The first-order valence-electron chi connectivity index (χ1n) is 15.7. The molecule has 0 aliphatic carbocycles. The quantitative estimate of drug-likeness (QED) is 0.156. The van der Waals surface area contributed by atoms with Crippen LogP contribution in [0.4, 0.5) is 0 Å². The Kier molecular flexibility index (Phi) is 6.28. The molecule has 0 atom stereocenters. The number of nitro groups is 4. The maximum Gasteiger partial charge on any atom is 0.317 e. The number of nitrogens with zero attached hydrogens (tertiary/aromatic N) is 4. The van der Waals surface area contributed by atoms with E-state index in [0.29, 0.717) is 0 Å². The molecule has 4 N–H and O–H groups in total. The molecule has 8 aromatic rings. The van der Waals surface area contributed by atoms with Crippen LogP contribution in [0.3, 0.4) is 0 Å². The van der Waals surface area contributed by atoms with Crippen LogP contribution in [0.25, 0.3) is 65.9 Å². The highest BCUT2D eigenvalue weighted by atomic mass is 16.6. The van der Waals surface area contributed by atoms with Crippen molar-refractivity contribution >= 4 is 65.9 Å². The zero-order valence-electron chi connectivity index (χ0n) is 26.3. The van der Waals surface area contributed by atoms with Gasteiger partial charge in [-0.05, 0) is 0 Å². The largest absolute Gasteiger partial charge is 0.343 e. The van der Waals surface area contributed by atoms with Gasteiger partial charge in [-0.25, -0.2) is 0 Å². The molecule has 0 fully saturated rings. The Bertz CT molecular complexity index is 2800. The van der Waals surface area contributed by atoms with Gasteiger partial charge < -0.3 is 19.9 Å². The summed E-state index contributed by atoms with van der Waals surface area (Å²) in [6.07, 6.45) is 0. The molecule has 52 heavy (non-hydrogen) atoms. The van der Waals surface area contributed by atoms with Gasteiger partial charge in [0.05, 0.1) is 19.7 Å². The lowest BCUT2D eigenvalue weighted by Crippen LogP contribution is -2.23. The topological polar surface area (TPSA) is 236 Å². The Labute approximate surface area is 286 Å². The van der Waals surface area contributed by atoms with Gasteiger partial charge in [0.2, 0.25) is 0 Å². The number of hydrogen-bond acceptors (Lipinski definition) is 8. The van der Waals surface area contributed by atoms with Crippen molar-refractivity contribution in [1.29, 1.82) is 0 Å². The second-order valence-electron chi connectivity index (χ2n) is 12.1. The fourth-order valence-electron chi connectivity index (χ4n) is 7.44. The fourth-order valence-corrected chi connectivity index (χ4v) is 7.44. The fraction of sp³-hybridized carbons (Fsp3) is 0. The third kappa shape index (κ3) is 4.08. The lowest BCUT2D eigenvalue weighted by atomic mass is 10.1. The van der Waals surface area contributed by atoms with Gasteiger partial charge in [-0.3, -0.25) is 40.5 Å². The lowest BCUT2D eigenvalue weighted by molar-refractivity contribution is -0.377. The van der Waals surface area contributed by atoms with E-state index >= 15 is 0 Å². The molecular weight excluding hydrogens is 672 g/mol. The van der Waals surface area contributed by atoms with E-state index in [4.69, 9.17) is 0 Å². The molecule has 252 valence electrons. The molecule has 9 rings (SSSR count). The summed E-state index contributed by atoms with van der Waals surface area (Å²) in [5.41, 5.74) is -2.43. The van der Waals surface area contributed by atoms with Gasteiger partial charge in [0, 0.05) is 43.1 Å². The third-order valence-corrected chi connectivity index (χ3v) is 9.49. The van der Waals surface area contributed by atoms with Gasteiger partial charge >= 0.3 is 22.8 Å². The van der Waals surface area contributed by atoms with Crippen molar-refractivity contribution in [3.05, 3.63) is 182 Å². The number of fused-ring (bicyclic) bond motifs is 20. The molecule has 0 saturated carbocycles. The minimum absolute atomic E-state index is 0.0931. The molecule has 5 heterocycles. The highest BCUT2D eigenvalue weighted by molar-refractivity contribution is 6.02. The Hall–Kier alpha value is -7.88. The van der Waals surface area contributed by atoms with Gasteiger partial charge in [0.15, 0.2) is 0 Å². The van der Waals surface area contributed by atoms with E-state index in [-0.39, 0.29) is 87.3 Å². The summed E-state index contributed by atoms with van der Waals surface area (Å²) < 4.78 is 0. The van der Waals surface area contributed by atoms with Crippen LogP contribution in [-0.2, 0) is 0 Å². The van der Waals surface area contributed by atoms with E-state index in [0.717, 1.165) is 0 Å². The molecule has 16 heteroatoms. The van der Waals surface area contributed by atoms with Crippen molar-refractivity contribution in [1.82, 2.24) is 19.9 Å². The number of hydrogen-bond donors (Lipinski definition) is 4. The summed E-state index contributed by atoms with van der Waals surface area (Å²) in [7, 11) is 0. The maximum absolute atomic E-state index is 13.1. The normalized spacial score (nSPS) is 13.1. The second-order valence-corrected chi connectivity index (χ2v) is 12.1. The van der Waals surface area contributed by atoms with E-state index in [1.807, 2.05) is 0 Å². The van der Waals surface area contributed by atoms with Crippen LogP contribution in [0, 0.1) is 40.5 Å². The van der Waals surface area contributed by atoms with Crippen molar-refractivity contribution in [2.75, 3.05) is 0 Å². The number of aromatic nitrogens is 4. The van der Waals surface area contributed by atoms with Gasteiger partial charge in [-0.2, -0.15) is 0 Å². The zero-order valence-corrected chi connectivity index (χ0v) is 26.3. The Morgan fingerprint density at radius 2 is 0.500 bits per heavy atom. The van der Waals surface area contributed by atoms with Crippen LogP contribution in [0.5, 0.6) is 0 Å². The molecule has 0 amide bonds. The number of H-pyrrole nitrogens is 4. The third-order valence-electron chi connectivity index (χ3n) is 9.49. The predicted octanol–water partition coefficient (Wildman–Crippen LogP) is 3.66. The van der Waals surface area contributed by atoms with E-state index in [9.17, 15) is 40.5 Å². The van der Waals surface area contributed by atoms with Crippen molar-refractivity contribution in [2.45, 2.75) is 0 Å². The number of nitrogens with one attached hydrogen (secondary N) is 4. The molecule has 8 bridgehead atoms. The van der Waals surface area contributed by atoms with E-state index < -0.39 is 42.5 Å². The van der Waals surface area contributed by atoms with Crippen LogP contribution < -0.4 is 21.4 Å². The van der Waals surface area contributed by atoms with E-state index in [1.165, 1.54) is 0 Å². The van der Waals surface area contributed by atoms with Gasteiger partial charge in [0.1, 0.15) is 44.2 Å². The summed E-state index contributed by atoms with van der Waals surface area (Å²) in [6, 6.07) is 25.6. The number of benzene rings is 4. The standard InChI is InChI=1S/C36H20N8O8/c45-41(46)33-25-17-9-1-2-10-18(17)26(37-25)34(42(47)48)28-21-13-5-6-14-22(21)30(39-28)36(44(51)52)32-24-16-8-7-15-23(24)31(40-32)35(43(49)50)29-20-12-4-3-11-19(20)27(33)38-29/h1-16,37-40H. The summed E-state index contributed by atoms with van der Waals surface area (Å²) in [5.74, 6) is 0. The van der Waals surface area contributed by atoms with Gasteiger partial charge in [-0.15, -0.1) is 0 Å². The molecule has 1 aliphatic heterocycles. The monoisotopic (exact) mass is 692 g/mol. The zero-order chi connectivity index (χ0) is 36.0. The van der Waals surface area contributed by atoms with Gasteiger partial charge in [-0.1, -0.05) is 97.1 Å². The van der Waals surface area contributed by atoms with Crippen molar-refractivity contribution in [3.8, 4) is 0 Å². The maximum atomic E-state index is 13.1. The van der Waals surface area contributed by atoms with Gasteiger partial charge in [0.25, 0.3) is 0 Å². The van der Waals surface area contributed by atoms with Crippen LogP contribution in [-0.4, -0.2) is 39.6 Å². The summed E-state index contributed by atoms with van der Waals surface area (Å²) in [5, 5.41) is 54.3. The summed E-state index contributed by atoms with van der Waals surface area (Å²) >= 11 is 0. The summed E-state index contributed by atoms with van der Waals surface area (Å²) in [6.45, 7) is 0. The molecule has 4 aromatic heterocycles. The van der Waals surface area contributed by atoms with Crippen LogP contribution in [0.2, 0.25) is 0 Å². The first-order valence-corrected chi connectivity index (χ1v) is 15.7. The average molecular weight is 693 g/mol. The lowest BCUT2D eigenvalue weighted by Gasteiger charge is -1.98. The van der Waals surface area contributed by atoms with E-state index in [2.05, 4.69) is 19.9 Å². The van der Waals surface area contributed by atoms with E-state index in [1.54, 1.807) is 97.1 Å². The van der Waals surface area contributed by atoms with Crippen LogP contribution >= 0.6 is 0 Å². The van der Waals surface area contributed by atoms with Crippen LogP contribution in [0.15, 0.2) is 97.1 Å². The molecular formula is C36H20N8O8. The first-order chi connectivity index (χ1) is 25.2. The molecule has 0 spiro atoms. The molecule has 4 aromatic carbocycles.